The normalized spacial score (nSPS) is 13.9. The topological polar surface area (TPSA) is 237 Å². The highest BCUT2D eigenvalue weighted by molar-refractivity contribution is 7.47. The van der Waals surface area contributed by atoms with Crippen LogP contribution < -0.4 is 0 Å². The van der Waals surface area contributed by atoms with Gasteiger partial charge in [-0.2, -0.15) is 0 Å². The summed E-state index contributed by atoms with van der Waals surface area (Å²) in [5.41, 5.74) is 0. The van der Waals surface area contributed by atoms with E-state index >= 15 is 0 Å². The summed E-state index contributed by atoms with van der Waals surface area (Å²) in [6.07, 6.45) is 65.4. The molecule has 0 bridgehead atoms. The second kappa shape index (κ2) is 75.1. The number of rotatable bonds is 83. The number of unbranched alkanes of at least 4 members (excludes halogenated alkanes) is 51. The van der Waals surface area contributed by atoms with Crippen LogP contribution in [0, 0.1) is 17.8 Å². The van der Waals surface area contributed by atoms with E-state index in [2.05, 4.69) is 48.5 Å². The van der Waals surface area contributed by atoms with Crippen LogP contribution in [0.4, 0.5) is 0 Å². The highest BCUT2D eigenvalue weighted by atomic mass is 31.2. The van der Waals surface area contributed by atoms with Crippen molar-refractivity contribution in [2.24, 2.45) is 17.8 Å². The molecule has 0 fully saturated rings. The van der Waals surface area contributed by atoms with Gasteiger partial charge in [0.05, 0.1) is 26.4 Å². The molecule has 0 radical (unpaired) electrons. The Labute approximate surface area is 638 Å². The van der Waals surface area contributed by atoms with Gasteiger partial charge in [-0.3, -0.25) is 37.3 Å². The standard InChI is InChI=1S/C85H166O17P2/c1-8-9-10-11-12-13-14-15-16-17-18-22-25-28-31-37-45-52-59-66-82(87)95-72-80(101-84(89)68-61-54-47-38-32-29-26-23-20-19-21-24-27-30-35-42-49-56-63-76(2)3)74-99-103(91,92)97-70-79(86)71-98-104(93,94)100-75-81(73-96-83(88)67-60-53-46-41-40-44-51-58-65-78(6)7)102-85(90)69-62-55-48-39-34-33-36-43-50-57-64-77(4)5/h76-81,86H,8-75H2,1-7H3,(H,91,92)(H,93,94)/t79-,80-,81-/m1/s1. The Morgan fingerprint density at radius 3 is 0.654 bits per heavy atom. The monoisotopic (exact) mass is 1520 g/mol. The van der Waals surface area contributed by atoms with Gasteiger partial charge in [0.2, 0.25) is 0 Å². The highest BCUT2D eigenvalue weighted by Gasteiger charge is 2.30. The van der Waals surface area contributed by atoms with Gasteiger partial charge in [0.15, 0.2) is 12.2 Å². The predicted molar refractivity (Wildman–Crippen MR) is 428 cm³/mol. The van der Waals surface area contributed by atoms with E-state index in [1.165, 1.54) is 257 Å². The van der Waals surface area contributed by atoms with Crippen LogP contribution in [0.3, 0.4) is 0 Å². The molecule has 3 N–H and O–H groups in total. The van der Waals surface area contributed by atoms with Gasteiger partial charge < -0.3 is 33.8 Å². The third kappa shape index (κ3) is 78.2. The Balaban J connectivity index is 5.23. The van der Waals surface area contributed by atoms with Crippen molar-refractivity contribution in [2.45, 2.75) is 465 Å². The van der Waals surface area contributed by atoms with E-state index in [0.717, 1.165) is 108 Å². The lowest BCUT2D eigenvalue weighted by Crippen LogP contribution is -2.30. The Morgan fingerprint density at radius 2 is 0.442 bits per heavy atom. The zero-order valence-electron chi connectivity index (χ0n) is 68.5. The zero-order valence-corrected chi connectivity index (χ0v) is 70.3. The van der Waals surface area contributed by atoms with E-state index in [0.29, 0.717) is 25.7 Å². The van der Waals surface area contributed by atoms with Crippen molar-refractivity contribution in [3.8, 4) is 0 Å². The number of hydrogen-bond donors (Lipinski definition) is 3. The first-order valence-corrected chi connectivity index (χ1v) is 46.8. The predicted octanol–water partition coefficient (Wildman–Crippen LogP) is 25.7. The van der Waals surface area contributed by atoms with Gasteiger partial charge in [0.1, 0.15) is 19.3 Å². The molecule has 0 saturated carbocycles. The third-order valence-electron chi connectivity index (χ3n) is 19.9. The largest absolute Gasteiger partial charge is 0.472 e. The fraction of sp³-hybridized carbons (Fsp3) is 0.953. The smallest absolute Gasteiger partial charge is 0.462 e. The van der Waals surface area contributed by atoms with E-state index in [1.54, 1.807) is 0 Å². The molecular formula is C85H166O17P2. The first kappa shape index (κ1) is 102. The molecule has 0 aromatic carbocycles. The zero-order chi connectivity index (χ0) is 76.5. The number of esters is 4. The molecule has 0 spiro atoms. The summed E-state index contributed by atoms with van der Waals surface area (Å²) in [7, 11) is -9.93. The highest BCUT2D eigenvalue weighted by Crippen LogP contribution is 2.45. The molecule has 0 aromatic heterocycles. The van der Waals surface area contributed by atoms with Crippen molar-refractivity contribution in [2.75, 3.05) is 39.6 Å². The minimum Gasteiger partial charge on any atom is -0.462 e. The average Bonchev–Trinajstić information content (AvgIpc) is 0.904. The second-order valence-corrected chi connectivity index (χ2v) is 34.9. The summed E-state index contributed by atoms with van der Waals surface area (Å²) >= 11 is 0. The average molecular weight is 1520 g/mol. The van der Waals surface area contributed by atoms with Crippen LogP contribution >= 0.6 is 15.6 Å². The molecule has 0 aliphatic heterocycles. The molecule has 19 heteroatoms. The van der Waals surface area contributed by atoms with Crippen LogP contribution in [0.5, 0.6) is 0 Å². The Kier molecular flexibility index (Phi) is 73.7. The molecule has 0 aromatic rings. The van der Waals surface area contributed by atoms with Crippen molar-refractivity contribution < 1.29 is 80.2 Å². The maximum absolute atomic E-state index is 13.1. The fourth-order valence-corrected chi connectivity index (χ4v) is 14.8. The molecule has 0 saturated heterocycles. The molecule has 618 valence electrons. The van der Waals surface area contributed by atoms with Crippen molar-refractivity contribution in [1.29, 1.82) is 0 Å². The van der Waals surface area contributed by atoms with E-state index in [9.17, 15) is 43.2 Å². The summed E-state index contributed by atoms with van der Waals surface area (Å²) in [6, 6.07) is 0. The van der Waals surface area contributed by atoms with Gasteiger partial charge in [-0.15, -0.1) is 0 Å². The molecule has 0 aliphatic carbocycles. The number of hydrogen-bond acceptors (Lipinski definition) is 15. The van der Waals surface area contributed by atoms with Crippen LogP contribution in [0.15, 0.2) is 0 Å². The molecule has 104 heavy (non-hydrogen) atoms. The Morgan fingerprint density at radius 1 is 0.260 bits per heavy atom. The van der Waals surface area contributed by atoms with E-state index in [4.69, 9.17) is 37.0 Å². The Hall–Kier alpha value is -1.94. The van der Waals surface area contributed by atoms with Crippen LogP contribution in [0.1, 0.15) is 447 Å². The molecule has 0 aliphatic rings. The van der Waals surface area contributed by atoms with Crippen LogP contribution in [0.25, 0.3) is 0 Å². The van der Waals surface area contributed by atoms with Gasteiger partial charge in [-0.1, -0.05) is 395 Å². The molecule has 0 amide bonds. The van der Waals surface area contributed by atoms with Crippen LogP contribution in [-0.2, 0) is 65.4 Å². The number of ether oxygens (including phenoxy) is 4. The van der Waals surface area contributed by atoms with E-state index in [-0.39, 0.29) is 25.7 Å². The van der Waals surface area contributed by atoms with E-state index in [1.807, 2.05) is 0 Å². The molecule has 5 atom stereocenters. The van der Waals surface area contributed by atoms with E-state index < -0.39 is 97.5 Å². The van der Waals surface area contributed by atoms with Crippen LogP contribution in [0.2, 0.25) is 0 Å². The van der Waals surface area contributed by atoms with Gasteiger partial charge in [0.25, 0.3) is 0 Å². The molecule has 2 unspecified atom stereocenters. The first-order valence-electron chi connectivity index (χ1n) is 43.8. The number of aliphatic hydroxyl groups excluding tert-OH is 1. The minimum atomic E-state index is -4.97. The molecular weight excluding hydrogens is 1350 g/mol. The first-order chi connectivity index (χ1) is 50.2. The second-order valence-electron chi connectivity index (χ2n) is 32.0. The number of carbonyl (C=O) groups excluding carboxylic acids is 4. The van der Waals surface area contributed by atoms with Gasteiger partial charge in [-0.25, -0.2) is 9.13 Å². The van der Waals surface area contributed by atoms with Gasteiger partial charge >= 0.3 is 39.5 Å². The van der Waals surface area contributed by atoms with Crippen molar-refractivity contribution in [1.82, 2.24) is 0 Å². The SMILES string of the molecule is CCCCCCCCCCCCCCCCCCCCCC(=O)OC[C@H](COP(=O)(O)OC[C@@H](O)COP(=O)(O)OC[C@@H](COC(=O)CCCCCCCCCCC(C)C)OC(=O)CCCCCCCCCCCCC(C)C)OC(=O)CCCCCCCCCCCCCCCCCCCCC(C)C. The lowest BCUT2D eigenvalue weighted by molar-refractivity contribution is -0.161. The lowest BCUT2D eigenvalue weighted by atomic mass is 10.0. The summed E-state index contributed by atoms with van der Waals surface area (Å²) in [6.45, 7) is 12.0. The summed E-state index contributed by atoms with van der Waals surface area (Å²) in [5, 5.41) is 10.7. The third-order valence-corrected chi connectivity index (χ3v) is 21.8. The van der Waals surface area contributed by atoms with Crippen molar-refractivity contribution in [3.63, 3.8) is 0 Å². The van der Waals surface area contributed by atoms with Crippen molar-refractivity contribution in [3.05, 3.63) is 0 Å². The fourth-order valence-electron chi connectivity index (χ4n) is 13.2. The maximum atomic E-state index is 13.1. The molecule has 0 heterocycles. The van der Waals surface area contributed by atoms with Gasteiger partial charge in [-0.05, 0) is 43.4 Å². The lowest BCUT2D eigenvalue weighted by Gasteiger charge is -2.21. The number of carbonyl (C=O) groups is 4. The summed E-state index contributed by atoms with van der Waals surface area (Å²) < 4.78 is 68.8. The quantitative estimate of drug-likeness (QED) is 0.0222. The van der Waals surface area contributed by atoms with Gasteiger partial charge in [0, 0.05) is 25.7 Å². The number of aliphatic hydroxyl groups is 1. The number of phosphoric ester groups is 2. The van der Waals surface area contributed by atoms with Crippen molar-refractivity contribution >= 4 is 39.5 Å². The Bertz CT molecular complexity index is 2010. The summed E-state index contributed by atoms with van der Waals surface area (Å²) in [5.74, 6) is 0.191. The minimum absolute atomic E-state index is 0.106. The maximum Gasteiger partial charge on any atom is 0.472 e. The summed E-state index contributed by atoms with van der Waals surface area (Å²) in [4.78, 5) is 73.2. The number of phosphoric acid groups is 2. The van der Waals surface area contributed by atoms with Crippen LogP contribution in [-0.4, -0.2) is 96.7 Å². The molecule has 0 rings (SSSR count). The molecule has 17 nitrogen and oxygen atoms in total.